The van der Waals surface area contributed by atoms with Gasteiger partial charge in [0.15, 0.2) is 0 Å². The van der Waals surface area contributed by atoms with E-state index in [9.17, 15) is 4.79 Å². The molecule has 3 nitrogen and oxygen atoms in total. The van der Waals surface area contributed by atoms with Gasteiger partial charge in [-0.05, 0) is 79.8 Å². The lowest BCUT2D eigenvalue weighted by atomic mass is 9.74. The molecule has 3 heteroatoms. The van der Waals surface area contributed by atoms with Crippen LogP contribution in [0.4, 0.5) is 5.69 Å². The van der Waals surface area contributed by atoms with Gasteiger partial charge in [-0.2, -0.15) is 0 Å². The number of nitrogens with zero attached hydrogens (tertiary/aromatic N) is 2. The maximum atomic E-state index is 12.9. The second-order valence-electron chi connectivity index (χ2n) is 8.81. The molecule has 1 aliphatic carbocycles. The van der Waals surface area contributed by atoms with Gasteiger partial charge in [-0.1, -0.05) is 42.5 Å². The van der Waals surface area contributed by atoms with Gasteiger partial charge < -0.3 is 9.80 Å². The minimum Gasteiger partial charge on any atom is -0.312 e. The summed E-state index contributed by atoms with van der Waals surface area (Å²) in [5, 5.41) is 0. The first-order valence-electron chi connectivity index (χ1n) is 10.9. The lowest BCUT2D eigenvalue weighted by Gasteiger charge is -2.40. The third-order valence-electron chi connectivity index (χ3n) is 7.33. The molecule has 0 aromatic heterocycles. The van der Waals surface area contributed by atoms with Crippen molar-refractivity contribution in [3.63, 3.8) is 0 Å². The molecule has 5 rings (SSSR count). The average Bonchev–Trinajstić information content (AvgIpc) is 3.11. The van der Waals surface area contributed by atoms with Crippen LogP contribution in [0.25, 0.3) is 0 Å². The quantitative estimate of drug-likeness (QED) is 0.798. The molecule has 0 N–H and O–H groups in total. The summed E-state index contributed by atoms with van der Waals surface area (Å²) in [5.41, 5.74) is 6.04. The van der Waals surface area contributed by atoms with Crippen LogP contribution in [0.1, 0.15) is 48.8 Å². The highest BCUT2D eigenvalue weighted by atomic mass is 16.2. The van der Waals surface area contributed by atoms with E-state index in [1.165, 1.54) is 31.2 Å². The number of likely N-dealkylation sites (tertiary alicyclic amines) is 1. The molecular formula is C25H30N2O. The van der Waals surface area contributed by atoms with Crippen LogP contribution in [0.15, 0.2) is 48.5 Å². The highest BCUT2D eigenvalue weighted by molar-refractivity contribution is 5.94. The number of fused-ring (bicyclic) bond motifs is 3. The topological polar surface area (TPSA) is 23.6 Å². The summed E-state index contributed by atoms with van der Waals surface area (Å²) >= 11 is 0. The molecule has 1 spiro atoms. The van der Waals surface area contributed by atoms with Crippen LogP contribution in [0.3, 0.4) is 0 Å². The predicted octanol–water partition coefficient (Wildman–Crippen LogP) is 4.34. The largest absolute Gasteiger partial charge is 0.312 e. The summed E-state index contributed by atoms with van der Waals surface area (Å²) in [6, 6.07) is 17.4. The number of carbonyl (C=O) groups is 1. The Kier molecular flexibility index (Phi) is 4.72. The summed E-state index contributed by atoms with van der Waals surface area (Å²) in [4.78, 5) is 17.5. The Morgan fingerprint density at radius 3 is 2.46 bits per heavy atom. The molecule has 2 heterocycles. The van der Waals surface area contributed by atoms with E-state index in [1.807, 2.05) is 11.0 Å². The van der Waals surface area contributed by atoms with Crippen molar-refractivity contribution in [2.24, 2.45) is 0 Å². The summed E-state index contributed by atoms with van der Waals surface area (Å²) in [6.45, 7) is 4.02. The normalized spacial score (nSPS) is 20.8. The lowest BCUT2D eigenvalue weighted by molar-refractivity contribution is -0.119. The van der Waals surface area contributed by atoms with Crippen LogP contribution < -0.4 is 4.90 Å². The van der Waals surface area contributed by atoms with E-state index < -0.39 is 0 Å². The van der Waals surface area contributed by atoms with Crippen molar-refractivity contribution in [3.8, 4) is 0 Å². The van der Waals surface area contributed by atoms with E-state index in [0.717, 1.165) is 44.7 Å². The van der Waals surface area contributed by atoms with Crippen LogP contribution in [0, 0.1) is 0 Å². The molecule has 0 radical (unpaired) electrons. The molecule has 2 aromatic carbocycles. The van der Waals surface area contributed by atoms with Crippen molar-refractivity contribution < 1.29 is 4.79 Å². The SMILES string of the molecule is O=C(CCN1CCC2(CCc3ccccc32)CC1)N1CCCc2ccccc21. The van der Waals surface area contributed by atoms with E-state index in [4.69, 9.17) is 0 Å². The minimum atomic E-state index is 0.290. The first-order chi connectivity index (χ1) is 13.8. The highest BCUT2D eigenvalue weighted by Crippen LogP contribution is 2.46. The molecule has 2 aliphatic heterocycles. The number of hydrogen-bond donors (Lipinski definition) is 0. The Bertz CT molecular complexity index is 866. The molecule has 1 saturated heterocycles. The van der Waals surface area contributed by atoms with Crippen LogP contribution in [-0.2, 0) is 23.1 Å². The Morgan fingerprint density at radius 1 is 0.857 bits per heavy atom. The fourth-order valence-electron chi connectivity index (χ4n) is 5.67. The van der Waals surface area contributed by atoms with Gasteiger partial charge in [0.25, 0.3) is 0 Å². The molecular weight excluding hydrogens is 344 g/mol. The number of amides is 1. The first kappa shape index (κ1) is 17.9. The molecule has 0 bridgehead atoms. The second kappa shape index (κ2) is 7.36. The van der Waals surface area contributed by atoms with E-state index in [2.05, 4.69) is 47.4 Å². The van der Waals surface area contributed by atoms with Crippen LogP contribution in [-0.4, -0.2) is 37.0 Å². The smallest absolute Gasteiger partial charge is 0.228 e. The number of carbonyl (C=O) groups excluding carboxylic acids is 1. The Labute approximate surface area is 168 Å². The zero-order valence-electron chi connectivity index (χ0n) is 16.7. The Morgan fingerprint density at radius 2 is 1.61 bits per heavy atom. The van der Waals surface area contributed by atoms with Gasteiger partial charge >= 0.3 is 0 Å². The number of anilines is 1. The molecule has 0 atom stereocenters. The first-order valence-corrected chi connectivity index (χ1v) is 10.9. The van der Waals surface area contributed by atoms with E-state index in [1.54, 1.807) is 11.1 Å². The van der Waals surface area contributed by atoms with Crippen LogP contribution in [0.5, 0.6) is 0 Å². The zero-order chi connectivity index (χ0) is 19.0. The fourth-order valence-corrected chi connectivity index (χ4v) is 5.67. The minimum absolute atomic E-state index is 0.290. The predicted molar refractivity (Wildman–Crippen MR) is 114 cm³/mol. The van der Waals surface area contributed by atoms with Gasteiger partial charge in [0, 0.05) is 25.2 Å². The number of rotatable bonds is 3. The van der Waals surface area contributed by atoms with E-state index >= 15 is 0 Å². The standard InChI is InChI=1S/C25H30N2O/c28-24(27-16-5-8-21-7-2-4-10-23(21)27)12-17-26-18-14-25(15-19-26)13-11-20-6-1-3-9-22(20)25/h1-4,6-7,9-10H,5,8,11-19H2. The third kappa shape index (κ3) is 3.16. The number of aryl methyl sites for hydroxylation is 2. The molecule has 3 aliphatic rings. The van der Waals surface area contributed by atoms with Gasteiger partial charge in [0.1, 0.15) is 0 Å². The molecule has 146 valence electrons. The monoisotopic (exact) mass is 374 g/mol. The Balaban J connectivity index is 1.18. The summed E-state index contributed by atoms with van der Waals surface area (Å²) in [7, 11) is 0. The number of benzene rings is 2. The van der Waals surface area contributed by atoms with E-state index in [-0.39, 0.29) is 0 Å². The zero-order valence-corrected chi connectivity index (χ0v) is 16.7. The van der Waals surface area contributed by atoms with Gasteiger partial charge in [-0.3, -0.25) is 4.79 Å². The van der Waals surface area contributed by atoms with Crippen molar-refractivity contribution in [2.75, 3.05) is 31.1 Å². The molecule has 0 saturated carbocycles. The van der Waals surface area contributed by atoms with Crippen molar-refractivity contribution in [1.82, 2.24) is 4.90 Å². The maximum Gasteiger partial charge on any atom is 0.228 e. The maximum absolute atomic E-state index is 12.9. The van der Waals surface area contributed by atoms with Gasteiger partial charge in [0.2, 0.25) is 5.91 Å². The summed E-state index contributed by atoms with van der Waals surface area (Å²) < 4.78 is 0. The number of hydrogen-bond acceptors (Lipinski definition) is 2. The third-order valence-corrected chi connectivity index (χ3v) is 7.33. The number of para-hydroxylation sites is 1. The van der Waals surface area contributed by atoms with Gasteiger partial charge in [-0.15, -0.1) is 0 Å². The Hall–Kier alpha value is -2.13. The molecule has 1 fully saturated rings. The summed E-state index contributed by atoms with van der Waals surface area (Å²) in [5.74, 6) is 0.290. The second-order valence-corrected chi connectivity index (χ2v) is 8.81. The van der Waals surface area contributed by atoms with Gasteiger partial charge in [-0.25, -0.2) is 0 Å². The average molecular weight is 375 g/mol. The summed E-state index contributed by atoms with van der Waals surface area (Å²) in [6.07, 6.45) is 7.84. The van der Waals surface area contributed by atoms with Crippen molar-refractivity contribution >= 4 is 11.6 Å². The van der Waals surface area contributed by atoms with Crippen molar-refractivity contribution in [2.45, 2.75) is 50.4 Å². The molecule has 28 heavy (non-hydrogen) atoms. The van der Waals surface area contributed by atoms with Crippen molar-refractivity contribution in [1.29, 1.82) is 0 Å². The van der Waals surface area contributed by atoms with Crippen molar-refractivity contribution in [3.05, 3.63) is 65.2 Å². The number of piperidine rings is 1. The fraction of sp³-hybridized carbons (Fsp3) is 0.480. The molecule has 2 aromatic rings. The molecule has 0 unspecified atom stereocenters. The van der Waals surface area contributed by atoms with Gasteiger partial charge in [0.05, 0.1) is 0 Å². The lowest BCUT2D eigenvalue weighted by Crippen LogP contribution is -2.43. The molecule has 1 amide bonds. The van der Waals surface area contributed by atoms with Crippen LogP contribution >= 0.6 is 0 Å². The highest BCUT2D eigenvalue weighted by Gasteiger charge is 2.40. The van der Waals surface area contributed by atoms with Crippen LogP contribution in [0.2, 0.25) is 0 Å². The van der Waals surface area contributed by atoms with E-state index in [0.29, 0.717) is 17.7 Å².